The fourth-order valence-corrected chi connectivity index (χ4v) is 4.27. The number of nitrogens with zero attached hydrogens (tertiary/aromatic N) is 2. The van der Waals surface area contributed by atoms with Gasteiger partial charge in [-0.1, -0.05) is 49.3 Å². The van der Waals surface area contributed by atoms with E-state index in [2.05, 4.69) is 35.1 Å². The number of halogens is 1. The first-order valence-corrected chi connectivity index (χ1v) is 12.2. The minimum Gasteiger partial charge on any atom is -0.463 e. The molecule has 0 unspecified atom stereocenters. The van der Waals surface area contributed by atoms with Gasteiger partial charge in [-0.05, 0) is 35.5 Å². The van der Waals surface area contributed by atoms with Crippen LogP contribution >= 0.6 is 0 Å². The van der Waals surface area contributed by atoms with Crippen LogP contribution in [0.4, 0.5) is 4.39 Å². The molecule has 3 heterocycles. The van der Waals surface area contributed by atoms with E-state index in [1.807, 2.05) is 48.5 Å². The average Bonchev–Trinajstić information content (AvgIpc) is 3.44. The molecule has 7 rings (SSSR count). The molecule has 0 aliphatic carbocycles. The summed E-state index contributed by atoms with van der Waals surface area (Å²) >= 11 is 0. The molecule has 3 nitrogen and oxygen atoms in total. The van der Waals surface area contributed by atoms with Gasteiger partial charge in [0, 0.05) is 49.0 Å². The summed E-state index contributed by atoms with van der Waals surface area (Å²) in [5, 5.41) is 1.23. The number of fused-ring (bicyclic) bond motifs is 3. The molecule has 0 atom stereocenters. The van der Waals surface area contributed by atoms with Crippen molar-refractivity contribution in [3.63, 3.8) is 0 Å². The van der Waals surface area contributed by atoms with Gasteiger partial charge in [-0.3, -0.25) is 0 Å². The smallest absolute Gasteiger partial charge is 0.145 e. The predicted octanol–water partition coefficient (Wildman–Crippen LogP) is 9.11. The zero-order valence-electron chi connectivity index (χ0n) is 26.2. The van der Waals surface area contributed by atoms with Gasteiger partial charge in [0.25, 0.3) is 0 Å². The zero-order valence-corrected chi connectivity index (χ0v) is 23.6. The van der Waals surface area contributed by atoms with Crippen molar-refractivity contribution < 1.29 is 35.8 Å². The third-order valence-corrected chi connectivity index (χ3v) is 6.13. The molecular formula is C35H23FIrN2O-2. The van der Waals surface area contributed by atoms with Crippen LogP contribution in [0, 0.1) is 24.9 Å². The Hall–Kier alpha value is -4.44. The van der Waals surface area contributed by atoms with Gasteiger partial charge < -0.3 is 14.4 Å². The van der Waals surface area contributed by atoms with Gasteiger partial charge in [0.1, 0.15) is 17.0 Å². The monoisotopic (exact) mass is 704 g/mol. The summed E-state index contributed by atoms with van der Waals surface area (Å²) in [4.78, 5) is 8.64. The third-order valence-electron chi connectivity index (χ3n) is 6.13. The van der Waals surface area contributed by atoms with Crippen LogP contribution in [0.3, 0.4) is 0 Å². The van der Waals surface area contributed by atoms with Gasteiger partial charge in [0.15, 0.2) is 0 Å². The summed E-state index contributed by atoms with van der Waals surface area (Å²) in [5.74, 6) is -0.745. The SMILES string of the molecule is Cc1c[c-]c(-c2ccccn2)cc1.[2H]c1c([2H])c([2H])c(-c2c(F)ccc3c2oc2c(-c4[c-]cccc4)nccc23)c([2H])c1[2H].[Ir]. The number of benzene rings is 4. The van der Waals surface area contributed by atoms with E-state index >= 15 is 4.39 Å². The summed E-state index contributed by atoms with van der Waals surface area (Å²) in [6, 6.07) is 27.4. The molecule has 0 amide bonds. The number of hydrogen-bond donors (Lipinski definition) is 0. The van der Waals surface area contributed by atoms with Crippen LogP contribution in [0.25, 0.3) is 55.6 Å². The van der Waals surface area contributed by atoms with Crippen molar-refractivity contribution in [2.75, 3.05) is 0 Å². The molecule has 0 N–H and O–H groups in total. The third kappa shape index (κ3) is 5.48. The molecule has 5 heteroatoms. The van der Waals surface area contributed by atoms with Gasteiger partial charge in [-0.25, -0.2) is 4.39 Å². The van der Waals surface area contributed by atoms with E-state index in [0.29, 0.717) is 27.6 Å². The van der Waals surface area contributed by atoms with Crippen molar-refractivity contribution in [3.05, 3.63) is 145 Å². The Kier molecular flexibility index (Phi) is 6.51. The summed E-state index contributed by atoms with van der Waals surface area (Å²) in [5.41, 5.74) is 4.53. The standard InChI is InChI=1S/C23H13FNO.C12H10N.Ir/c24-19-12-11-17-18-13-14-25-21(16-9-5-2-6-10-16)23(18)26-22(17)20(19)15-7-3-1-4-8-15;1-10-5-7-11(8-6-10)12-4-2-3-9-13-12;/h1-9,11-14H;2-7,9H,1H3;/q2*-1;/i1D,3D,4D,7D,8D;;. The normalized spacial score (nSPS) is 12.3. The summed E-state index contributed by atoms with van der Waals surface area (Å²) in [6.07, 6.45) is 3.41. The molecule has 197 valence electrons. The number of aryl methyl sites for hydroxylation is 1. The van der Waals surface area contributed by atoms with Crippen LogP contribution < -0.4 is 0 Å². The molecule has 0 saturated carbocycles. The second-order valence-electron chi connectivity index (χ2n) is 8.71. The average molecular weight is 704 g/mol. The van der Waals surface area contributed by atoms with E-state index in [1.165, 1.54) is 11.6 Å². The van der Waals surface area contributed by atoms with E-state index in [0.717, 1.165) is 11.3 Å². The fourth-order valence-electron chi connectivity index (χ4n) is 4.27. The molecule has 0 aliphatic heterocycles. The molecular weight excluding hydrogens is 676 g/mol. The molecule has 0 saturated heterocycles. The van der Waals surface area contributed by atoms with Crippen molar-refractivity contribution in [2.24, 2.45) is 0 Å². The van der Waals surface area contributed by atoms with E-state index in [-0.39, 0.29) is 36.8 Å². The van der Waals surface area contributed by atoms with Gasteiger partial charge >= 0.3 is 0 Å². The first-order valence-electron chi connectivity index (χ1n) is 14.7. The van der Waals surface area contributed by atoms with E-state index in [1.54, 1.807) is 30.6 Å². The molecule has 4 aromatic carbocycles. The first-order chi connectivity index (χ1) is 21.3. The Morgan fingerprint density at radius 1 is 0.775 bits per heavy atom. The topological polar surface area (TPSA) is 38.9 Å². The minimum atomic E-state index is -0.745. The van der Waals surface area contributed by atoms with Crippen molar-refractivity contribution in [1.29, 1.82) is 0 Å². The van der Waals surface area contributed by atoms with Gasteiger partial charge in [0.2, 0.25) is 0 Å². The zero-order chi connectivity index (χ0) is 31.0. The van der Waals surface area contributed by atoms with Crippen molar-refractivity contribution in [3.8, 4) is 33.6 Å². The fraction of sp³-hybridized carbons (Fsp3) is 0.0286. The molecule has 1 radical (unpaired) electrons. The van der Waals surface area contributed by atoms with Crippen LogP contribution in [0.5, 0.6) is 0 Å². The maximum atomic E-state index is 15.1. The van der Waals surface area contributed by atoms with E-state index < -0.39 is 36.0 Å². The number of furan rings is 1. The molecule has 0 fully saturated rings. The van der Waals surface area contributed by atoms with Crippen LogP contribution in [-0.2, 0) is 20.1 Å². The Morgan fingerprint density at radius 3 is 2.33 bits per heavy atom. The Labute approximate surface area is 252 Å². The molecule has 0 spiro atoms. The van der Waals surface area contributed by atoms with Gasteiger partial charge in [0.05, 0.1) is 12.4 Å². The second-order valence-corrected chi connectivity index (χ2v) is 8.71. The maximum Gasteiger partial charge on any atom is 0.145 e. The van der Waals surface area contributed by atoms with Crippen molar-refractivity contribution >= 4 is 21.9 Å². The Balaban J connectivity index is 0.000000240. The van der Waals surface area contributed by atoms with Crippen LogP contribution in [0.1, 0.15) is 12.4 Å². The second kappa shape index (κ2) is 12.2. The number of aromatic nitrogens is 2. The van der Waals surface area contributed by atoms with Gasteiger partial charge in [-0.2, -0.15) is 0 Å². The largest absolute Gasteiger partial charge is 0.463 e. The number of rotatable bonds is 3. The minimum absolute atomic E-state index is 0. The molecule has 0 bridgehead atoms. The van der Waals surface area contributed by atoms with Crippen molar-refractivity contribution in [1.82, 2.24) is 9.97 Å². The maximum absolute atomic E-state index is 15.1. The van der Waals surface area contributed by atoms with E-state index in [4.69, 9.17) is 11.3 Å². The van der Waals surface area contributed by atoms with Crippen LogP contribution in [-0.4, -0.2) is 9.97 Å². The quantitative estimate of drug-likeness (QED) is 0.173. The molecule has 0 aliphatic rings. The van der Waals surface area contributed by atoms with Crippen molar-refractivity contribution in [2.45, 2.75) is 6.92 Å². The Morgan fingerprint density at radius 2 is 1.60 bits per heavy atom. The van der Waals surface area contributed by atoms with E-state index in [9.17, 15) is 0 Å². The summed E-state index contributed by atoms with van der Waals surface area (Å²) < 4.78 is 61.3. The summed E-state index contributed by atoms with van der Waals surface area (Å²) in [6.45, 7) is 2.05. The number of hydrogen-bond acceptors (Lipinski definition) is 3. The van der Waals surface area contributed by atoms with Gasteiger partial charge in [-0.15, -0.1) is 71.3 Å². The van der Waals surface area contributed by atoms with Crippen LogP contribution in [0.15, 0.2) is 126 Å². The van der Waals surface area contributed by atoms with Crippen LogP contribution in [0.2, 0.25) is 0 Å². The molecule has 7 aromatic rings. The predicted molar refractivity (Wildman–Crippen MR) is 154 cm³/mol. The molecule has 40 heavy (non-hydrogen) atoms. The Bertz CT molecular complexity index is 2110. The number of pyridine rings is 2. The summed E-state index contributed by atoms with van der Waals surface area (Å²) in [7, 11) is 0. The molecule has 3 aromatic heterocycles. The first kappa shape index (κ1) is 21.4.